The second kappa shape index (κ2) is 5.70. The van der Waals surface area contributed by atoms with Crippen LogP contribution in [-0.2, 0) is 6.54 Å². The summed E-state index contributed by atoms with van der Waals surface area (Å²) in [6.07, 6.45) is 0.726. The number of nitrogens with zero attached hydrogens (tertiary/aromatic N) is 3. The minimum absolute atomic E-state index is 0.0453. The Hall–Kier alpha value is -2.77. The van der Waals surface area contributed by atoms with Crippen LogP contribution in [0.2, 0.25) is 0 Å². The van der Waals surface area contributed by atoms with E-state index in [9.17, 15) is 13.6 Å². The number of carbonyl (C=O) groups excluding carboxylic acids is 1. The van der Waals surface area contributed by atoms with Crippen LogP contribution in [0.4, 0.5) is 8.78 Å². The first-order valence-electron chi connectivity index (χ1n) is 7.61. The average Bonchev–Trinajstić information content (AvgIpc) is 3.11. The SMILES string of the molecule is O=C(NCc1ccco1)c1cc2nc(C3CC3)cc(C(F)F)n2n1. The molecule has 1 aliphatic carbocycles. The van der Waals surface area contributed by atoms with Gasteiger partial charge in [0.1, 0.15) is 11.5 Å². The fraction of sp³-hybridized carbons (Fsp3) is 0.312. The largest absolute Gasteiger partial charge is 0.467 e. The van der Waals surface area contributed by atoms with Crippen molar-refractivity contribution in [2.75, 3.05) is 0 Å². The van der Waals surface area contributed by atoms with E-state index in [-0.39, 0.29) is 29.5 Å². The van der Waals surface area contributed by atoms with Gasteiger partial charge >= 0.3 is 0 Å². The van der Waals surface area contributed by atoms with E-state index in [0.29, 0.717) is 11.5 Å². The number of hydrogen-bond acceptors (Lipinski definition) is 4. The molecule has 1 aliphatic rings. The van der Waals surface area contributed by atoms with Gasteiger partial charge in [0.2, 0.25) is 0 Å². The summed E-state index contributed by atoms with van der Waals surface area (Å²) in [7, 11) is 0. The summed E-state index contributed by atoms with van der Waals surface area (Å²) >= 11 is 0. The molecule has 3 aromatic rings. The molecule has 8 heteroatoms. The van der Waals surface area contributed by atoms with Gasteiger partial charge in [0, 0.05) is 17.7 Å². The highest BCUT2D eigenvalue weighted by atomic mass is 19.3. The number of halogens is 2. The molecular formula is C16H14F2N4O2. The molecule has 0 spiro atoms. The highest BCUT2D eigenvalue weighted by molar-refractivity contribution is 5.93. The summed E-state index contributed by atoms with van der Waals surface area (Å²) in [4.78, 5) is 16.5. The lowest BCUT2D eigenvalue weighted by Crippen LogP contribution is -2.23. The second-order valence-corrected chi connectivity index (χ2v) is 5.74. The predicted molar refractivity (Wildman–Crippen MR) is 79.8 cm³/mol. The molecule has 24 heavy (non-hydrogen) atoms. The predicted octanol–water partition coefficient (Wildman–Crippen LogP) is 3.07. The van der Waals surface area contributed by atoms with Gasteiger partial charge < -0.3 is 9.73 Å². The lowest BCUT2D eigenvalue weighted by Gasteiger charge is -2.06. The fourth-order valence-corrected chi connectivity index (χ4v) is 2.54. The van der Waals surface area contributed by atoms with Crippen LogP contribution in [0.5, 0.6) is 0 Å². The normalized spacial score (nSPS) is 14.5. The van der Waals surface area contributed by atoms with E-state index in [4.69, 9.17) is 4.42 Å². The van der Waals surface area contributed by atoms with Crippen molar-refractivity contribution < 1.29 is 18.0 Å². The molecule has 124 valence electrons. The van der Waals surface area contributed by atoms with Crippen molar-refractivity contribution in [3.8, 4) is 0 Å². The van der Waals surface area contributed by atoms with Gasteiger partial charge in [-0.1, -0.05) is 0 Å². The molecule has 4 rings (SSSR count). The third-order valence-corrected chi connectivity index (χ3v) is 3.93. The molecule has 0 atom stereocenters. The van der Waals surface area contributed by atoms with Crippen LogP contribution in [0.3, 0.4) is 0 Å². The van der Waals surface area contributed by atoms with Gasteiger partial charge in [-0.15, -0.1) is 0 Å². The lowest BCUT2D eigenvalue weighted by molar-refractivity contribution is 0.0941. The number of alkyl halides is 2. The van der Waals surface area contributed by atoms with Crippen LogP contribution >= 0.6 is 0 Å². The van der Waals surface area contributed by atoms with Crippen molar-refractivity contribution in [1.29, 1.82) is 0 Å². The van der Waals surface area contributed by atoms with Gasteiger partial charge in [0.05, 0.1) is 12.8 Å². The molecule has 0 unspecified atom stereocenters. The van der Waals surface area contributed by atoms with Gasteiger partial charge in [-0.05, 0) is 31.0 Å². The first kappa shape index (κ1) is 14.8. The van der Waals surface area contributed by atoms with Crippen molar-refractivity contribution in [1.82, 2.24) is 19.9 Å². The third-order valence-electron chi connectivity index (χ3n) is 3.93. The van der Waals surface area contributed by atoms with Gasteiger partial charge in [-0.2, -0.15) is 5.10 Å². The average molecular weight is 332 g/mol. The van der Waals surface area contributed by atoms with Crippen molar-refractivity contribution in [2.45, 2.75) is 31.7 Å². The van der Waals surface area contributed by atoms with Crippen LogP contribution in [0.1, 0.15) is 52.8 Å². The number of aromatic nitrogens is 3. The fourth-order valence-electron chi connectivity index (χ4n) is 2.54. The van der Waals surface area contributed by atoms with Gasteiger partial charge in [-0.25, -0.2) is 18.3 Å². The quantitative estimate of drug-likeness (QED) is 0.779. The summed E-state index contributed by atoms with van der Waals surface area (Å²) < 4.78 is 32.8. The minimum Gasteiger partial charge on any atom is -0.467 e. The highest BCUT2D eigenvalue weighted by Gasteiger charge is 2.28. The second-order valence-electron chi connectivity index (χ2n) is 5.74. The van der Waals surface area contributed by atoms with Crippen LogP contribution in [0.15, 0.2) is 34.9 Å². The highest BCUT2D eigenvalue weighted by Crippen LogP contribution is 2.40. The van der Waals surface area contributed by atoms with Crippen molar-refractivity contribution in [3.63, 3.8) is 0 Å². The molecule has 1 saturated carbocycles. The summed E-state index contributed by atoms with van der Waals surface area (Å²) in [6.45, 7) is 0.197. The van der Waals surface area contributed by atoms with Crippen LogP contribution in [-0.4, -0.2) is 20.5 Å². The number of rotatable bonds is 5. The van der Waals surface area contributed by atoms with Gasteiger partial charge in [0.25, 0.3) is 12.3 Å². The Labute approximate surface area is 135 Å². The number of carbonyl (C=O) groups is 1. The van der Waals surface area contributed by atoms with Crippen LogP contribution in [0.25, 0.3) is 5.65 Å². The molecule has 3 aromatic heterocycles. The molecule has 1 fully saturated rings. The van der Waals surface area contributed by atoms with Crippen LogP contribution < -0.4 is 5.32 Å². The summed E-state index contributed by atoms with van der Waals surface area (Å²) in [5, 5.41) is 6.62. The Kier molecular flexibility index (Phi) is 3.51. The number of amides is 1. The van der Waals surface area contributed by atoms with E-state index in [2.05, 4.69) is 15.4 Å². The zero-order valence-electron chi connectivity index (χ0n) is 12.6. The van der Waals surface area contributed by atoms with Crippen molar-refractivity contribution in [3.05, 3.63) is 53.4 Å². The van der Waals surface area contributed by atoms with E-state index >= 15 is 0 Å². The Morgan fingerprint density at radius 1 is 1.42 bits per heavy atom. The van der Waals surface area contributed by atoms with Crippen molar-refractivity contribution in [2.24, 2.45) is 0 Å². The molecule has 6 nitrogen and oxygen atoms in total. The molecule has 0 radical (unpaired) electrons. The number of nitrogens with one attached hydrogen (secondary N) is 1. The van der Waals surface area contributed by atoms with E-state index in [0.717, 1.165) is 17.4 Å². The summed E-state index contributed by atoms with van der Waals surface area (Å²) in [5.41, 5.74) is 0.703. The van der Waals surface area contributed by atoms with E-state index in [1.54, 1.807) is 12.1 Å². The molecule has 1 amide bonds. The number of furan rings is 1. The maximum Gasteiger partial charge on any atom is 0.280 e. The summed E-state index contributed by atoms with van der Waals surface area (Å²) in [5.74, 6) is 0.359. The monoisotopic (exact) mass is 332 g/mol. The Balaban J connectivity index is 1.64. The minimum atomic E-state index is -2.69. The Morgan fingerprint density at radius 3 is 2.92 bits per heavy atom. The number of fused-ring (bicyclic) bond motifs is 1. The van der Waals surface area contributed by atoms with E-state index in [1.807, 2.05) is 0 Å². The van der Waals surface area contributed by atoms with E-state index < -0.39 is 12.3 Å². The topological polar surface area (TPSA) is 72.4 Å². The molecule has 0 bridgehead atoms. The molecule has 0 saturated heterocycles. The maximum absolute atomic E-state index is 13.3. The molecule has 3 heterocycles. The first-order chi connectivity index (χ1) is 11.6. The van der Waals surface area contributed by atoms with Crippen molar-refractivity contribution >= 4 is 11.6 Å². The zero-order chi connectivity index (χ0) is 16.7. The molecule has 1 N–H and O–H groups in total. The first-order valence-corrected chi connectivity index (χ1v) is 7.61. The molecular weight excluding hydrogens is 318 g/mol. The molecule has 0 aliphatic heterocycles. The maximum atomic E-state index is 13.3. The van der Waals surface area contributed by atoms with Crippen LogP contribution in [0, 0.1) is 0 Å². The van der Waals surface area contributed by atoms with Gasteiger partial charge in [-0.3, -0.25) is 4.79 Å². The standard InChI is InChI=1S/C16H14F2N4O2/c17-15(18)13-6-11(9-3-4-9)20-14-7-12(21-22(13)14)16(23)19-8-10-2-1-5-24-10/h1-2,5-7,9,15H,3-4,8H2,(H,19,23). The summed E-state index contributed by atoms with van der Waals surface area (Å²) in [6, 6.07) is 6.25. The van der Waals surface area contributed by atoms with E-state index in [1.165, 1.54) is 18.4 Å². The third kappa shape index (κ3) is 2.75. The lowest BCUT2D eigenvalue weighted by atomic mass is 10.2. The van der Waals surface area contributed by atoms with Gasteiger partial charge in [0.15, 0.2) is 11.3 Å². The molecule has 0 aromatic carbocycles. The zero-order valence-corrected chi connectivity index (χ0v) is 12.6. The smallest absolute Gasteiger partial charge is 0.280 e. The Morgan fingerprint density at radius 2 is 2.25 bits per heavy atom. The number of hydrogen-bond donors (Lipinski definition) is 1. The Bertz CT molecular complexity index is 885.